The van der Waals surface area contributed by atoms with E-state index in [-0.39, 0.29) is 6.61 Å². The van der Waals surface area contributed by atoms with E-state index in [1.54, 1.807) is 29.2 Å². The molecule has 0 aliphatic carbocycles. The van der Waals surface area contributed by atoms with Crippen molar-refractivity contribution in [3.8, 4) is 0 Å². The zero-order chi connectivity index (χ0) is 22.5. The average molecular weight is 426 g/mol. The molecule has 0 bridgehead atoms. The van der Waals surface area contributed by atoms with Crippen molar-refractivity contribution >= 4 is 12.1 Å². The van der Waals surface area contributed by atoms with Crippen LogP contribution in [-0.2, 0) is 20.8 Å². The number of likely N-dealkylation sites (tertiary alicyclic amines) is 1. The first-order valence-electron chi connectivity index (χ1n) is 10.6. The van der Waals surface area contributed by atoms with Crippen LogP contribution in [0.25, 0.3) is 0 Å². The molecule has 1 aliphatic heterocycles. The Balaban J connectivity index is 1.73. The van der Waals surface area contributed by atoms with Crippen LogP contribution in [0.4, 0.5) is 4.79 Å². The van der Waals surface area contributed by atoms with Crippen molar-refractivity contribution in [2.24, 2.45) is 0 Å². The molecule has 0 spiro atoms. The molecule has 6 nitrogen and oxygen atoms in total. The Bertz CT molecular complexity index is 878. The lowest BCUT2D eigenvalue weighted by atomic mass is 10.0. The highest BCUT2D eigenvalue weighted by molar-refractivity contribution is 5.89. The smallest absolute Gasteiger partial charge is 0.412 e. The monoisotopic (exact) mass is 425 g/mol. The molecule has 1 amide bonds. The molecular weight excluding hydrogens is 394 g/mol. The fourth-order valence-corrected chi connectivity index (χ4v) is 3.63. The van der Waals surface area contributed by atoms with Gasteiger partial charge in [-0.2, -0.15) is 0 Å². The SMILES string of the molecule is CC(C)(C)OC(=O)N1[C@@H](OCc2ccccc2)CC[C@@]1(C)COC(=O)c1ccccc1. The van der Waals surface area contributed by atoms with E-state index in [4.69, 9.17) is 14.2 Å². The van der Waals surface area contributed by atoms with Crippen LogP contribution >= 0.6 is 0 Å². The lowest BCUT2D eigenvalue weighted by Gasteiger charge is -2.38. The van der Waals surface area contributed by atoms with Gasteiger partial charge in [-0.15, -0.1) is 0 Å². The summed E-state index contributed by atoms with van der Waals surface area (Å²) >= 11 is 0. The molecule has 2 aromatic rings. The molecule has 31 heavy (non-hydrogen) atoms. The molecule has 3 rings (SSSR count). The molecule has 2 aromatic carbocycles. The van der Waals surface area contributed by atoms with Gasteiger partial charge in [-0.1, -0.05) is 48.5 Å². The fraction of sp³-hybridized carbons (Fsp3) is 0.440. The number of rotatable bonds is 6. The van der Waals surface area contributed by atoms with E-state index in [2.05, 4.69) is 0 Å². The second-order valence-electron chi connectivity index (χ2n) is 9.08. The predicted molar refractivity (Wildman–Crippen MR) is 117 cm³/mol. The van der Waals surface area contributed by atoms with Crippen LogP contribution in [0.5, 0.6) is 0 Å². The third-order valence-electron chi connectivity index (χ3n) is 5.20. The summed E-state index contributed by atoms with van der Waals surface area (Å²) in [4.78, 5) is 27.1. The number of carbonyl (C=O) groups is 2. The molecule has 0 aromatic heterocycles. The number of esters is 1. The Hall–Kier alpha value is -2.86. The summed E-state index contributed by atoms with van der Waals surface area (Å²) in [6.07, 6.45) is 0.330. The standard InChI is InChI=1S/C25H31NO5/c1-24(2,3)31-23(28)26-21(29-17-19-11-7-5-8-12-19)15-16-25(26,4)18-30-22(27)20-13-9-6-10-14-20/h5-14,21H,15-18H2,1-4H3/t21-,25-/m0/s1. The number of amides is 1. The van der Waals surface area contributed by atoms with Gasteiger partial charge >= 0.3 is 12.1 Å². The van der Waals surface area contributed by atoms with Crippen molar-refractivity contribution in [2.45, 2.75) is 64.5 Å². The van der Waals surface area contributed by atoms with Crippen LogP contribution in [0.3, 0.4) is 0 Å². The first-order valence-corrected chi connectivity index (χ1v) is 10.6. The largest absolute Gasteiger partial charge is 0.460 e. The lowest BCUT2D eigenvalue weighted by Crippen LogP contribution is -2.53. The minimum absolute atomic E-state index is 0.0607. The minimum Gasteiger partial charge on any atom is -0.460 e. The van der Waals surface area contributed by atoms with Crippen LogP contribution < -0.4 is 0 Å². The lowest BCUT2D eigenvalue weighted by molar-refractivity contribution is -0.0889. The Kier molecular flexibility index (Phi) is 7.01. The maximum absolute atomic E-state index is 13.1. The van der Waals surface area contributed by atoms with E-state index in [1.165, 1.54) is 0 Å². The molecule has 166 valence electrons. The van der Waals surface area contributed by atoms with Gasteiger partial charge in [0.25, 0.3) is 0 Å². The number of hydrogen-bond donors (Lipinski definition) is 0. The molecule has 0 unspecified atom stereocenters. The van der Waals surface area contributed by atoms with Gasteiger partial charge in [0, 0.05) is 0 Å². The number of nitrogens with zero attached hydrogens (tertiary/aromatic N) is 1. The topological polar surface area (TPSA) is 65.1 Å². The van der Waals surface area contributed by atoms with Crippen molar-refractivity contribution in [1.82, 2.24) is 4.90 Å². The van der Waals surface area contributed by atoms with Crippen LogP contribution in [0.1, 0.15) is 56.5 Å². The summed E-state index contributed by atoms with van der Waals surface area (Å²) in [7, 11) is 0. The van der Waals surface area contributed by atoms with Gasteiger partial charge in [-0.25, -0.2) is 9.59 Å². The number of hydrogen-bond acceptors (Lipinski definition) is 5. The first kappa shape index (κ1) is 22.8. The first-order chi connectivity index (χ1) is 14.7. The summed E-state index contributed by atoms with van der Waals surface area (Å²) < 4.78 is 17.4. The highest BCUT2D eigenvalue weighted by atomic mass is 16.6. The van der Waals surface area contributed by atoms with Gasteiger partial charge in [0.15, 0.2) is 0 Å². The van der Waals surface area contributed by atoms with Gasteiger partial charge in [0.2, 0.25) is 0 Å². The van der Waals surface area contributed by atoms with E-state index >= 15 is 0 Å². The third kappa shape index (κ3) is 6.07. The second kappa shape index (κ2) is 9.52. The molecule has 6 heteroatoms. The highest BCUT2D eigenvalue weighted by Gasteiger charge is 2.49. The number of ether oxygens (including phenoxy) is 3. The van der Waals surface area contributed by atoms with E-state index in [0.29, 0.717) is 25.0 Å². The summed E-state index contributed by atoms with van der Waals surface area (Å²) in [5.41, 5.74) is 0.125. The zero-order valence-electron chi connectivity index (χ0n) is 18.7. The molecule has 0 N–H and O–H groups in total. The van der Waals surface area contributed by atoms with Crippen LogP contribution in [-0.4, -0.2) is 40.9 Å². The van der Waals surface area contributed by atoms with Crippen LogP contribution in [0.2, 0.25) is 0 Å². The van der Waals surface area contributed by atoms with E-state index in [1.807, 2.05) is 64.1 Å². The molecule has 1 fully saturated rings. The van der Waals surface area contributed by atoms with Crippen molar-refractivity contribution in [3.05, 3.63) is 71.8 Å². The maximum Gasteiger partial charge on any atom is 0.412 e. The Labute approximate surface area is 184 Å². The van der Waals surface area contributed by atoms with Gasteiger partial charge in [-0.3, -0.25) is 4.90 Å². The van der Waals surface area contributed by atoms with Crippen molar-refractivity contribution in [2.75, 3.05) is 6.61 Å². The maximum atomic E-state index is 13.1. The number of benzene rings is 2. The van der Waals surface area contributed by atoms with Crippen LogP contribution in [0.15, 0.2) is 60.7 Å². The summed E-state index contributed by atoms with van der Waals surface area (Å²) in [6, 6.07) is 18.6. The van der Waals surface area contributed by atoms with Crippen molar-refractivity contribution < 1.29 is 23.8 Å². The fourth-order valence-electron chi connectivity index (χ4n) is 3.63. The molecule has 1 saturated heterocycles. The Morgan fingerprint density at radius 2 is 1.65 bits per heavy atom. The van der Waals surface area contributed by atoms with Gasteiger partial charge in [0.05, 0.1) is 17.7 Å². The summed E-state index contributed by atoms with van der Waals surface area (Å²) in [5.74, 6) is -0.417. The van der Waals surface area contributed by atoms with E-state index in [9.17, 15) is 9.59 Å². The average Bonchev–Trinajstić information content (AvgIpc) is 3.07. The Morgan fingerprint density at radius 1 is 1.03 bits per heavy atom. The molecule has 1 heterocycles. The molecule has 0 radical (unpaired) electrons. The van der Waals surface area contributed by atoms with E-state index < -0.39 is 29.4 Å². The van der Waals surface area contributed by atoms with Crippen molar-refractivity contribution in [3.63, 3.8) is 0 Å². The molecular formula is C25H31NO5. The zero-order valence-corrected chi connectivity index (χ0v) is 18.7. The number of carbonyl (C=O) groups excluding carboxylic acids is 2. The summed E-state index contributed by atoms with van der Waals surface area (Å²) in [6.45, 7) is 7.83. The second-order valence-corrected chi connectivity index (χ2v) is 9.08. The van der Waals surface area contributed by atoms with E-state index in [0.717, 1.165) is 5.56 Å². The minimum atomic E-state index is -0.728. The van der Waals surface area contributed by atoms with Gasteiger partial charge in [0.1, 0.15) is 18.4 Å². The van der Waals surface area contributed by atoms with Gasteiger partial charge < -0.3 is 14.2 Å². The quantitative estimate of drug-likeness (QED) is 0.597. The predicted octanol–water partition coefficient (Wildman–Crippen LogP) is 5.18. The molecule has 0 saturated carbocycles. The third-order valence-corrected chi connectivity index (χ3v) is 5.20. The normalized spacial score (nSPS) is 21.0. The van der Waals surface area contributed by atoms with Crippen LogP contribution in [0, 0.1) is 0 Å². The van der Waals surface area contributed by atoms with Crippen molar-refractivity contribution in [1.29, 1.82) is 0 Å². The molecule has 1 aliphatic rings. The molecule has 2 atom stereocenters. The van der Waals surface area contributed by atoms with Gasteiger partial charge in [-0.05, 0) is 58.2 Å². The Morgan fingerprint density at radius 3 is 2.26 bits per heavy atom. The highest BCUT2D eigenvalue weighted by Crippen LogP contribution is 2.36. The summed E-state index contributed by atoms with van der Waals surface area (Å²) in [5, 5.41) is 0.